The van der Waals surface area contributed by atoms with E-state index in [4.69, 9.17) is 26.8 Å². The number of amides is 1. The summed E-state index contributed by atoms with van der Waals surface area (Å²) in [6, 6.07) is 3.23. The fourth-order valence-corrected chi connectivity index (χ4v) is 3.30. The summed E-state index contributed by atoms with van der Waals surface area (Å²) >= 11 is 5.88. The Morgan fingerprint density at radius 2 is 2.05 bits per heavy atom. The van der Waals surface area contributed by atoms with E-state index in [0.717, 1.165) is 4.31 Å². The standard InChI is InChI=1S/C13H19ClN2O5S/c1-9(13(15)17)16(2)22(18,19)12-8-10(14)4-5-11(12)21-7-6-20-3/h4-5,8-9H,6-7H2,1-3H3,(H2,15,17)/t9-/m1/s1. The van der Waals surface area contributed by atoms with Gasteiger partial charge in [-0.05, 0) is 25.1 Å². The monoisotopic (exact) mass is 350 g/mol. The Morgan fingerprint density at radius 1 is 1.41 bits per heavy atom. The smallest absolute Gasteiger partial charge is 0.247 e. The van der Waals surface area contributed by atoms with Gasteiger partial charge in [-0.1, -0.05) is 11.6 Å². The summed E-state index contributed by atoms with van der Waals surface area (Å²) in [6.07, 6.45) is 0. The molecular formula is C13H19ClN2O5S. The van der Waals surface area contributed by atoms with Crippen LogP contribution in [0, 0.1) is 0 Å². The average Bonchev–Trinajstić information content (AvgIpc) is 2.47. The van der Waals surface area contributed by atoms with Crippen molar-refractivity contribution in [3.8, 4) is 5.75 Å². The minimum Gasteiger partial charge on any atom is -0.490 e. The Morgan fingerprint density at radius 3 is 2.59 bits per heavy atom. The second kappa shape index (κ2) is 7.77. The minimum atomic E-state index is -3.99. The third kappa shape index (κ3) is 4.33. The first kappa shape index (κ1) is 18.7. The number of hydrogen-bond acceptors (Lipinski definition) is 5. The predicted molar refractivity (Wildman–Crippen MR) is 82.4 cm³/mol. The van der Waals surface area contributed by atoms with E-state index in [0.29, 0.717) is 6.61 Å². The minimum absolute atomic E-state index is 0.130. The molecule has 124 valence electrons. The highest BCUT2D eigenvalue weighted by atomic mass is 35.5. The lowest BCUT2D eigenvalue weighted by Gasteiger charge is -2.23. The zero-order chi connectivity index (χ0) is 16.9. The summed E-state index contributed by atoms with van der Waals surface area (Å²) < 4.78 is 36.4. The van der Waals surface area contributed by atoms with Crippen LogP contribution >= 0.6 is 11.6 Å². The van der Waals surface area contributed by atoms with Crippen LogP contribution in [0.3, 0.4) is 0 Å². The van der Waals surface area contributed by atoms with Gasteiger partial charge in [0.1, 0.15) is 23.3 Å². The number of sulfonamides is 1. The molecule has 2 N–H and O–H groups in total. The summed E-state index contributed by atoms with van der Waals surface area (Å²) in [5.74, 6) is -0.625. The van der Waals surface area contributed by atoms with Crippen LogP contribution in [0.5, 0.6) is 5.75 Å². The zero-order valence-corrected chi connectivity index (χ0v) is 14.1. The van der Waals surface area contributed by atoms with Crippen LogP contribution < -0.4 is 10.5 Å². The molecule has 22 heavy (non-hydrogen) atoms. The number of halogens is 1. The Kier molecular flexibility index (Phi) is 6.61. The maximum Gasteiger partial charge on any atom is 0.247 e. The van der Waals surface area contributed by atoms with Gasteiger partial charge in [0.25, 0.3) is 0 Å². The third-order valence-corrected chi connectivity index (χ3v) is 5.25. The Labute approximate surface area is 135 Å². The molecular weight excluding hydrogens is 332 g/mol. The van der Waals surface area contributed by atoms with Crippen LogP contribution in [-0.4, -0.2) is 52.0 Å². The highest BCUT2D eigenvalue weighted by molar-refractivity contribution is 7.89. The molecule has 1 amide bonds. The maximum atomic E-state index is 12.6. The number of carbonyl (C=O) groups excluding carboxylic acids is 1. The third-order valence-electron chi connectivity index (χ3n) is 3.06. The maximum absolute atomic E-state index is 12.6. The van der Waals surface area contributed by atoms with Crippen molar-refractivity contribution >= 4 is 27.5 Å². The van der Waals surface area contributed by atoms with E-state index in [1.54, 1.807) is 0 Å². The van der Waals surface area contributed by atoms with Crippen molar-refractivity contribution < 1.29 is 22.7 Å². The van der Waals surface area contributed by atoms with Crippen LogP contribution in [0.15, 0.2) is 23.1 Å². The van der Waals surface area contributed by atoms with E-state index >= 15 is 0 Å². The molecule has 0 heterocycles. The molecule has 1 aromatic rings. The van der Waals surface area contributed by atoms with E-state index in [1.807, 2.05) is 0 Å². The topological polar surface area (TPSA) is 98.9 Å². The molecule has 0 radical (unpaired) electrons. The molecule has 0 aliphatic heterocycles. The van der Waals surface area contributed by atoms with Crippen LogP contribution in [0.25, 0.3) is 0 Å². The van der Waals surface area contributed by atoms with Crippen molar-refractivity contribution in [3.63, 3.8) is 0 Å². The first-order valence-corrected chi connectivity index (χ1v) is 8.22. The lowest BCUT2D eigenvalue weighted by molar-refractivity contribution is -0.120. The summed E-state index contributed by atoms with van der Waals surface area (Å²) in [5, 5.41) is 0.234. The van der Waals surface area contributed by atoms with Crippen LogP contribution in [0.2, 0.25) is 5.02 Å². The van der Waals surface area contributed by atoms with Gasteiger partial charge in [-0.25, -0.2) is 8.42 Å². The Balaban J connectivity index is 3.22. The van der Waals surface area contributed by atoms with Crippen molar-refractivity contribution in [2.75, 3.05) is 27.4 Å². The summed E-state index contributed by atoms with van der Waals surface area (Å²) in [7, 11) is -1.22. The molecule has 1 atom stereocenters. The van der Waals surface area contributed by atoms with Gasteiger partial charge in [-0.3, -0.25) is 4.79 Å². The van der Waals surface area contributed by atoms with Crippen molar-refractivity contribution in [3.05, 3.63) is 23.2 Å². The summed E-state index contributed by atoms with van der Waals surface area (Å²) in [4.78, 5) is 11.1. The number of nitrogens with two attached hydrogens (primary N) is 1. The lowest BCUT2D eigenvalue weighted by Crippen LogP contribution is -2.43. The molecule has 1 rings (SSSR count). The fourth-order valence-electron chi connectivity index (χ4n) is 1.58. The van der Waals surface area contributed by atoms with Gasteiger partial charge >= 0.3 is 0 Å². The van der Waals surface area contributed by atoms with E-state index in [9.17, 15) is 13.2 Å². The first-order valence-electron chi connectivity index (χ1n) is 6.40. The molecule has 0 saturated heterocycles. The van der Waals surface area contributed by atoms with Crippen molar-refractivity contribution in [2.24, 2.45) is 5.73 Å². The molecule has 0 aliphatic rings. The van der Waals surface area contributed by atoms with Gasteiger partial charge in [0.15, 0.2) is 0 Å². The van der Waals surface area contributed by atoms with Gasteiger partial charge in [-0.2, -0.15) is 4.31 Å². The average molecular weight is 351 g/mol. The second-order valence-corrected chi connectivity index (χ2v) is 6.93. The molecule has 0 unspecified atom stereocenters. The quantitative estimate of drug-likeness (QED) is 0.701. The Hall–Kier alpha value is -1.35. The van der Waals surface area contributed by atoms with Gasteiger partial charge in [0.2, 0.25) is 15.9 Å². The molecule has 0 spiro atoms. The Bertz CT molecular complexity index is 635. The van der Waals surface area contributed by atoms with Crippen LogP contribution in [0.4, 0.5) is 0 Å². The lowest BCUT2D eigenvalue weighted by atomic mass is 10.3. The van der Waals surface area contributed by atoms with Crippen molar-refractivity contribution in [1.82, 2.24) is 4.31 Å². The molecule has 0 saturated carbocycles. The van der Waals surface area contributed by atoms with Crippen molar-refractivity contribution in [1.29, 1.82) is 0 Å². The predicted octanol–water partition coefficient (Wildman–Crippen LogP) is 0.860. The highest BCUT2D eigenvalue weighted by Crippen LogP contribution is 2.30. The molecule has 0 fully saturated rings. The highest BCUT2D eigenvalue weighted by Gasteiger charge is 2.31. The number of benzene rings is 1. The number of nitrogens with zero attached hydrogens (tertiary/aromatic N) is 1. The summed E-state index contributed by atoms with van der Waals surface area (Å²) in [5.41, 5.74) is 5.16. The van der Waals surface area contributed by atoms with Gasteiger partial charge in [0.05, 0.1) is 6.61 Å². The number of likely N-dealkylation sites (N-methyl/N-ethyl adjacent to an activating group) is 1. The molecule has 0 bridgehead atoms. The van der Waals surface area contributed by atoms with Gasteiger partial charge in [-0.15, -0.1) is 0 Å². The van der Waals surface area contributed by atoms with E-state index in [2.05, 4.69) is 0 Å². The molecule has 0 aliphatic carbocycles. The molecule has 9 heteroatoms. The molecule has 7 nitrogen and oxygen atoms in total. The normalized spacial score (nSPS) is 13.1. The van der Waals surface area contributed by atoms with E-state index in [-0.39, 0.29) is 22.3 Å². The second-order valence-electron chi connectivity index (χ2n) is 4.53. The first-order chi connectivity index (χ1) is 10.2. The zero-order valence-electron chi connectivity index (χ0n) is 12.6. The van der Waals surface area contributed by atoms with E-state index < -0.39 is 22.0 Å². The van der Waals surface area contributed by atoms with Crippen molar-refractivity contribution in [2.45, 2.75) is 17.9 Å². The number of hydrogen-bond donors (Lipinski definition) is 1. The SMILES string of the molecule is COCCOc1ccc(Cl)cc1S(=O)(=O)N(C)[C@H](C)C(N)=O. The number of rotatable bonds is 8. The fraction of sp³-hybridized carbons (Fsp3) is 0.462. The van der Waals surface area contributed by atoms with Crippen LogP contribution in [0.1, 0.15) is 6.92 Å². The molecule has 1 aromatic carbocycles. The van der Waals surface area contributed by atoms with Gasteiger partial charge < -0.3 is 15.2 Å². The number of ether oxygens (including phenoxy) is 2. The summed E-state index contributed by atoms with van der Waals surface area (Å²) in [6.45, 7) is 1.88. The van der Waals surface area contributed by atoms with E-state index in [1.165, 1.54) is 39.3 Å². The van der Waals surface area contributed by atoms with Crippen LogP contribution in [-0.2, 0) is 19.6 Å². The number of methoxy groups -OCH3 is 1. The van der Waals surface area contributed by atoms with Gasteiger partial charge in [0, 0.05) is 19.2 Å². The largest absolute Gasteiger partial charge is 0.490 e. The molecule has 0 aromatic heterocycles. The number of primary amides is 1. The number of carbonyl (C=O) groups is 1.